The van der Waals surface area contributed by atoms with Crippen LogP contribution in [-0.4, -0.2) is 44.5 Å². The molecule has 0 atom stereocenters. The Morgan fingerprint density at radius 3 is 2.39 bits per heavy atom. The SMILES string of the molecule is CCCCNC(=O)CCN(CC(C)C)S(C)(=O)=O. The minimum Gasteiger partial charge on any atom is -0.356 e. The van der Waals surface area contributed by atoms with Crippen LogP contribution in [0.1, 0.15) is 40.0 Å². The molecule has 0 aromatic carbocycles. The summed E-state index contributed by atoms with van der Waals surface area (Å²) in [6, 6.07) is 0. The van der Waals surface area contributed by atoms with Crippen molar-refractivity contribution in [2.75, 3.05) is 25.9 Å². The second-order valence-electron chi connectivity index (χ2n) is 4.97. The van der Waals surface area contributed by atoms with Gasteiger partial charge in [-0.15, -0.1) is 0 Å². The van der Waals surface area contributed by atoms with Crippen LogP contribution in [0, 0.1) is 5.92 Å². The van der Waals surface area contributed by atoms with Crippen LogP contribution in [-0.2, 0) is 14.8 Å². The lowest BCUT2D eigenvalue weighted by Gasteiger charge is -2.21. The van der Waals surface area contributed by atoms with E-state index in [1.165, 1.54) is 10.6 Å². The van der Waals surface area contributed by atoms with Crippen molar-refractivity contribution in [3.8, 4) is 0 Å². The van der Waals surface area contributed by atoms with Crippen LogP contribution in [0.2, 0.25) is 0 Å². The predicted molar refractivity (Wildman–Crippen MR) is 73.8 cm³/mol. The van der Waals surface area contributed by atoms with E-state index in [4.69, 9.17) is 0 Å². The third-order valence-electron chi connectivity index (χ3n) is 2.48. The van der Waals surface area contributed by atoms with Gasteiger partial charge in [0, 0.05) is 26.1 Å². The molecule has 0 saturated carbocycles. The summed E-state index contributed by atoms with van der Waals surface area (Å²) in [6.07, 6.45) is 3.39. The highest BCUT2D eigenvalue weighted by atomic mass is 32.2. The van der Waals surface area contributed by atoms with Crippen LogP contribution >= 0.6 is 0 Å². The number of nitrogens with one attached hydrogen (secondary N) is 1. The van der Waals surface area contributed by atoms with Crippen LogP contribution in [0.25, 0.3) is 0 Å². The molecule has 0 aromatic rings. The molecule has 0 aromatic heterocycles. The van der Waals surface area contributed by atoms with Gasteiger partial charge < -0.3 is 5.32 Å². The molecule has 0 aliphatic heterocycles. The number of hydrogen-bond donors (Lipinski definition) is 1. The van der Waals surface area contributed by atoms with Crippen LogP contribution in [0.15, 0.2) is 0 Å². The maximum absolute atomic E-state index is 11.5. The first-order valence-corrected chi connectivity index (χ1v) is 8.34. The second kappa shape index (κ2) is 8.48. The molecule has 0 bridgehead atoms. The van der Waals surface area contributed by atoms with E-state index in [1.54, 1.807) is 0 Å². The fourth-order valence-corrected chi connectivity index (χ4v) is 2.51. The topological polar surface area (TPSA) is 66.5 Å². The third-order valence-corrected chi connectivity index (χ3v) is 3.75. The van der Waals surface area contributed by atoms with Crippen molar-refractivity contribution in [1.82, 2.24) is 9.62 Å². The fraction of sp³-hybridized carbons (Fsp3) is 0.917. The number of rotatable bonds is 9. The number of hydrogen-bond acceptors (Lipinski definition) is 3. The van der Waals surface area contributed by atoms with Crippen molar-refractivity contribution in [3.05, 3.63) is 0 Å². The Kier molecular flexibility index (Phi) is 8.18. The van der Waals surface area contributed by atoms with E-state index >= 15 is 0 Å². The van der Waals surface area contributed by atoms with Gasteiger partial charge in [0.05, 0.1) is 6.26 Å². The first kappa shape index (κ1) is 17.4. The molecule has 0 saturated heterocycles. The van der Waals surface area contributed by atoms with Gasteiger partial charge in [-0.2, -0.15) is 0 Å². The molecule has 108 valence electrons. The molecule has 0 heterocycles. The Morgan fingerprint density at radius 1 is 1.33 bits per heavy atom. The van der Waals surface area contributed by atoms with Crippen molar-refractivity contribution in [1.29, 1.82) is 0 Å². The van der Waals surface area contributed by atoms with Gasteiger partial charge in [0.2, 0.25) is 15.9 Å². The van der Waals surface area contributed by atoms with Crippen molar-refractivity contribution >= 4 is 15.9 Å². The predicted octanol–water partition coefficient (Wildman–Crippen LogP) is 1.21. The highest BCUT2D eigenvalue weighted by Crippen LogP contribution is 2.05. The van der Waals surface area contributed by atoms with E-state index in [9.17, 15) is 13.2 Å². The third kappa shape index (κ3) is 8.47. The summed E-state index contributed by atoms with van der Waals surface area (Å²) in [4.78, 5) is 11.5. The van der Waals surface area contributed by atoms with E-state index in [2.05, 4.69) is 12.2 Å². The summed E-state index contributed by atoms with van der Waals surface area (Å²) in [5.74, 6) is 0.170. The summed E-state index contributed by atoms with van der Waals surface area (Å²) < 4.78 is 24.4. The van der Waals surface area contributed by atoms with Crippen LogP contribution in [0.5, 0.6) is 0 Å². The van der Waals surface area contributed by atoms with Crippen LogP contribution < -0.4 is 5.32 Å². The zero-order valence-corrected chi connectivity index (χ0v) is 12.7. The van der Waals surface area contributed by atoms with E-state index in [-0.39, 0.29) is 24.8 Å². The average Bonchev–Trinajstić information content (AvgIpc) is 2.22. The molecule has 0 aliphatic carbocycles. The quantitative estimate of drug-likeness (QED) is 0.645. The molecule has 6 heteroatoms. The smallest absolute Gasteiger partial charge is 0.221 e. The molecule has 18 heavy (non-hydrogen) atoms. The molecule has 5 nitrogen and oxygen atoms in total. The minimum atomic E-state index is -3.23. The van der Waals surface area contributed by atoms with E-state index in [0.717, 1.165) is 12.8 Å². The Morgan fingerprint density at radius 2 is 1.94 bits per heavy atom. The molecule has 0 unspecified atom stereocenters. The van der Waals surface area contributed by atoms with Gasteiger partial charge in [0.1, 0.15) is 0 Å². The van der Waals surface area contributed by atoms with Crippen molar-refractivity contribution in [3.63, 3.8) is 0 Å². The van der Waals surface area contributed by atoms with E-state index in [0.29, 0.717) is 13.1 Å². The Balaban J connectivity index is 4.15. The average molecular weight is 278 g/mol. The number of carbonyl (C=O) groups excluding carboxylic acids is 1. The molecule has 0 rings (SSSR count). The zero-order valence-electron chi connectivity index (χ0n) is 11.9. The van der Waals surface area contributed by atoms with Crippen LogP contribution in [0.3, 0.4) is 0 Å². The second-order valence-corrected chi connectivity index (χ2v) is 6.95. The summed E-state index contributed by atoms with van der Waals surface area (Å²) in [5.41, 5.74) is 0. The molecule has 1 N–H and O–H groups in total. The fourth-order valence-electron chi connectivity index (χ4n) is 1.52. The van der Waals surface area contributed by atoms with Crippen molar-refractivity contribution in [2.45, 2.75) is 40.0 Å². The summed E-state index contributed by atoms with van der Waals surface area (Å²) in [7, 11) is -3.23. The van der Waals surface area contributed by atoms with E-state index < -0.39 is 10.0 Å². The molecular weight excluding hydrogens is 252 g/mol. The molecular formula is C12H26N2O3S. The van der Waals surface area contributed by atoms with Crippen LogP contribution in [0.4, 0.5) is 0 Å². The maximum atomic E-state index is 11.5. The summed E-state index contributed by atoms with van der Waals surface area (Å²) >= 11 is 0. The van der Waals surface area contributed by atoms with Crippen molar-refractivity contribution in [2.24, 2.45) is 5.92 Å². The van der Waals surface area contributed by atoms with Gasteiger partial charge in [0.25, 0.3) is 0 Å². The van der Waals surface area contributed by atoms with Gasteiger partial charge in [-0.05, 0) is 12.3 Å². The summed E-state index contributed by atoms with van der Waals surface area (Å²) in [5, 5.41) is 2.78. The number of nitrogens with zero attached hydrogens (tertiary/aromatic N) is 1. The standard InChI is InChI=1S/C12H26N2O3S/c1-5-6-8-13-12(15)7-9-14(10-11(2)3)18(4,16)17/h11H,5-10H2,1-4H3,(H,13,15). The van der Waals surface area contributed by atoms with Gasteiger partial charge >= 0.3 is 0 Å². The monoisotopic (exact) mass is 278 g/mol. The first-order chi connectivity index (χ1) is 8.27. The molecule has 1 amide bonds. The number of amides is 1. The molecule has 0 fully saturated rings. The normalized spacial score (nSPS) is 12.1. The molecule has 0 aliphatic rings. The number of sulfonamides is 1. The Labute approximate surface area is 111 Å². The minimum absolute atomic E-state index is 0.0825. The van der Waals surface area contributed by atoms with Gasteiger partial charge in [0.15, 0.2) is 0 Å². The Hall–Kier alpha value is -0.620. The van der Waals surface area contributed by atoms with E-state index in [1.807, 2.05) is 13.8 Å². The number of unbranched alkanes of at least 4 members (excludes halogenated alkanes) is 1. The lowest BCUT2D eigenvalue weighted by Crippen LogP contribution is -2.37. The molecule has 0 radical (unpaired) electrons. The Bertz CT molecular complexity index is 339. The lowest BCUT2D eigenvalue weighted by molar-refractivity contribution is -0.121. The highest BCUT2D eigenvalue weighted by Gasteiger charge is 2.18. The largest absolute Gasteiger partial charge is 0.356 e. The molecule has 0 spiro atoms. The van der Waals surface area contributed by atoms with Gasteiger partial charge in [-0.3, -0.25) is 4.79 Å². The van der Waals surface area contributed by atoms with Crippen molar-refractivity contribution < 1.29 is 13.2 Å². The summed E-state index contributed by atoms with van der Waals surface area (Å²) in [6.45, 7) is 7.35. The van der Waals surface area contributed by atoms with Gasteiger partial charge in [-0.25, -0.2) is 12.7 Å². The first-order valence-electron chi connectivity index (χ1n) is 6.49. The lowest BCUT2D eigenvalue weighted by atomic mass is 10.2. The maximum Gasteiger partial charge on any atom is 0.221 e. The van der Waals surface area contributed by atoms with Gasteiger partial charge in [-0.1, -0.05) is 27.2 Å². The highest BCUT2D eigenvalue weighted by molar-refractivity contribution is 7.88. The zero-order chi connectivity index (χ0) is 14.2. The number of carbonyl (C=O) groups is 1.